The van der Waals surface area contributed by atoms with Gasteiger partial charge < -0.3 is 38.9 Å². The molecule has 3 N–H and O–H groups in total. The van der Waals surface area contributed by atoms with E-state index in [1.807, 2.05) is 0 Å². The van der Waals surface area contributed by atoms with Crippen molar-refractivity contribution in [3.63, 3.8) is 0 Å². The number of aryl methyl sites for hydroxylation is 1. The molecule has 0 saturated carbocycles. The SMILES string of the molecule is CCCCCCCCCCCCc1ccccc1.O=[S-](=O)O.O=[S-](=O)O.O=[S-](=O)O.[Fe+3]. The summed E-state index contributed by atoms with van der Waals surface area (Å²) in [6.45, 7) is 2.28. The standard InChI is InChI=1S/C18H30.Fe.3HO3S/c1-2-3-4-5-6-7-8-9-10-12-15-18-16-13-11-14-17-18;;3*1-4(2)3/h11,13-14,16-17H,2-10,12,15H2,1H3;;3*(H,1,2,3)/q;+3;3*-1. The van der Waals surface area contributed by atoms with Gasteiger partial charge in [0.05, 0.1) is 0 Å². The molecule has 31 heavy (non-hydrogen) atoms. The van der Waals surface area contributed by atoms with Gasteiger partial charge in [-0.25, -0.2) is 0 Å². The Hall–Kier alpha value is -0.531. The van der Waals surface area contributed by atoms with E-state index in [-0.39, 0.29) is 17.1 Å². The maximum absolute atomic E-state index is 8.56. The van der Waals surface area contributed by atoms with Gasteiger partial charge in [-0.15, -0.1) is 0 Å². The van der Waals surface area contributed by atoms with E-state index in [0.717, 1.165) is 0 Å². The van der Waals surface area contributed by atoms with E-state index in [9.17, 15) is 0 Å². The molecule has 0 unspecified atom stereocenters. The molecule has 0 atom stereocenters. The van der Waals surface area contributed by atoms with Crippen LogP contribution in [0.5, 0.6) is 0 Å². The van der Waals surface area contributed by atoms with Crippen LogP contribution in [0, 0.1) is 0 Å². The van der Waals surface area contributed by atoms with Crippen LogP contribution in [-0.4, -0.2) is 13.7 Å². The van der Waals surface area contributed by atoms with Gasteiger partial charge in [0.15, 0.2) is 0 Å². The average molecular weight is 545 g/mol. The number of hydrogen-bond acceptors (Lipinski definition) is 9. The fraction of sp³-hybridized carbons (Fsp3) is 0.667. The summed E-state index contributed by atoms with van der Waals surface area (Å²) < 4.78 is 72.2. The van der Waals surface area contributed by atoms with E-state index >= 15 is 0 Å². The Bertz CT molecular complexity index is 620. The van der Waals surface area contributed by atoms with Gasteiger partial charge in [-0.3, -0.25) is 0 Å². The van der Waals surface area contributed by atoms with Gasteiger partial charge in [-0.2, -0.15) is 0 Å². The summed E-state index contributed by atoms with van der Waals surface area (Å²) in [6.07, 6.45) is 15.5. The topological polar surface area (TPSA) is 163 Å². The first-order chi connectivity index (χ1) is 14.1. The molecule has 0 aliphatic heterocycles. The third-order valence-corrected chi connectivity index (χ3v) is 3.66. The Morgan fingerprint density at radius 1 is 0.581 bits per heavy atom. The van der Waals surface area contributed by atoms with Crippen LogP contribution in [0.25, 0.3) is 0 Å². The van der Waals surface area contributed by atoms with Gasteiger partial charge in [0.25, 0.3) is 0 Å². The summed E-state index contributed by atoms with van der Waals surface area (Å²) in [6, 6.07) is 10.9. The Kier molecular flexibility index (Phi) is 38.6. The van der Waals surface area contributed by atoms with Crippen LogP contribution < -0.4 is 0 Å². The molecule has 13 heteroatoms. The molecule has 1 rings (SSSR count). The molecule has 0 bridgehead atoms. The molecule has 0 saturated heterocycles. The predicted molar refractivity (Wildman–Crippen MR) is 116 cm³/mol. The molecular formula is C18H33FeO9S3. The number of benzene rings is 1. The van der Waals surface area contributed by atoms with Crippen molar-refractivity contribution >= 4 is 33.0 Å². The van der Waals surface area contributed by atoms with Crippen LogP contribution in [0.4, 0.5) is 0 Å². The molecule has 0 aliphatic rings. The molecule has 1 aromatic rings. The molecule has 0 spiro atoms. The van der Waals surface area contributed by atoms with Gasteiger partial charge in [0, 0.05) is 33.0 Å². The second-order valence-electron chi connectivity index (χ2n) is 6.07. The molecule has 0 aromatic heterocycles. The largest absolute Gasteiger partial charge is 3.00 e. The average Bonchev–Trinajstić information content (AvgIpc) is 2.63. The maximum atomic E-state index is 8.56. The van der Waals surface area contributed by atoms with Crippen LogP contribution >= 0.6 is 0 Å². The zero-order chi connectivity index (χ0) is 23.6. The van der Waals surface area contributed by atoms with Crippen molar-refractivity contribution in [3.8, 4) is 0 Å². The van der Waals surface area contributed by atoms with Crippen molar-refractivity contribution in [1.29, 1.82) is 0 Å². The molecule has 0 heterocycles. The minimum atomic E-state index is -2.86. The second kappa shape index (κ2) is 31.7. The molecule has 0 fully saturated rings. The Morgan fingerprint density at radius 3 is 1.19 bits per heavy atom. The third-order valence-electron chi connectivity index (χ3n) is 3.66. The minimum Gasteiger partial charge on any atom is -0.439 e. The smallest absolute Gasteiger partial charge is 0.439 e. The molecular weight excluding hydrogens is 512 g/mol. The molecule has 9 nitrogen and oxygen atoms in total. The van der Waals surface area contributed by atoms with Crippen molar-refractivity contribution < 1.29 is 56.0 Å². The predicted octanol–water partition coefficient (Wildman–Crippen LogP) is 5.45. The van der Waals surface area contributed by atoms with Crippen LogP contribution in [0.3, 0.4) is 0 Å². The van der Waals surface area contributed by atoms with Gasteiger partial charge in [-0.05, 0) is 18.4 Å². The van der Waals surface area contributed by atoms with Gasteiger partial charge in [0.2, 0.25) is 0 Å². The van der Waals surface area contributed by atoms with Crippen LogP contribution in [0.15, 0.2) is 30.3 Å². The van der Waals surface area contributed by atoms with Crippen molar-refractivity contribution in [1.82, 2.24) is 0 Å². The van der Waals surface area contributed by atoms with E-state index < -0.39 is 33.0 Å². The minimum absolute atomic E-state index is 0. The van der Waals surface area contributed by atoms with Crippen molar-refractivity contribution in [2.75, 3.05) is 0 Å². The summed E-state index contributed by atoms with van der Waals surface area (Å²) in [5, 5.41) is 0. The first-order valence-electron chi connectivity index (χ1n) is 9.52. The molecule has 185 valence electrons. The maximum Gasteiger partial charge on any atom is 3.00 e. The first-order valence-corrected chi connectivity index (χ1v) is 12.6. The van der Waals surface area contributed by atoms with Crippen LogP contribution in [0.1, 0.15) is 76.7 Å². The van der Waals surface area contributed by atoms with E-state index in [2.05, 4.69) is 37.3 Å². The van der Waals surface area contributed by atoms with E-state index in [1.165, 1.54) is 76.2 Å². The molecule has 0 aliphatic carbocycles. The van der Waals surface area contributed by atoms with E-state index in [4.69, 9.17) is 38.9 Å². The van der Waals surface area contributed by atoms with E-state index in [1.54, 1.807) is 0 Å². The monoisotopic (exact) mass is 545 g/mol. The molecule has 1 aromatic carbocycles. The summed E-state index contributed by atoms with van der Waals surface area (Å²) >= 11 is 0. The Balaban J connectivity index is -0.000000232. The zero-order valence-electron chi connectivity index (χ0n) is 17.5. The zero-order valence-corrected chi connectivity index (χ0v) is 21.1. The second-order valence-corrected chi connectivity index (χ2v) is 7.37. The van der Waals surface area contributed by atoms with Crippen LogP contribution in [-0.2, 0) is 81.7 Å². The third kappa shape index (κ3) is 58.7. The number of unbranched alkanes of at least 4 members (excludes halogenated alkanes) is 9. The fourth-order valence-corrected chi connectivity index (χ4v) is 2.46. The van der Waals surface area contributed by atoms with E-state index in [0.29, 0.717) is 0 Å². The Labute approximate surface area is 201 Å². The molecule has 1 radical (unpaired) electrons. The number of rotatable bonds is 11. The first kappa shape index (κ1) is 37.8. The van der Waals surface area contributed by atoms with Gasteiger partial charge in [-0.1, -0.05) is 95.0 Å². The van der Waals surface area contributed by atoms with Crippen molar-refractivity contribution in [3.05, 3.63) is 35.9 Å². The summed E-state index contributed by atoms with van der Waals surface area (Å²) in [7, 11) is -8.58. The van der Waals surface area contributed by atoms with Crippen molar-refractivity contribution in [2.45, 2.75) is 77.6 Å². The van der Waals surface area contributed by atoms with Crippen molar-refractivity contribution in [2.24, 2.45) is 0 Å². The fourth-order valence-electron chi connectivity index (χ4n) is 2.46. The van der Waals surface area contributed by atoms with Crippen LogP contribution in [0.2, 0.25) is 0 Å². The van der Waals surface area contributed by atoms with Gasteiger partial charge >= 0.3 is 17.1 Å². The summed E-state index contributed by atoms with van der Waals surface area (Å²) in [5.74, 6) is 0. The normalized spacial score (nSPS) is 9.52. The number of hydrogen-bond donors (Lipinski definition) is 3. The van der Waals surface area contributed by atoms with Gasteiger partial charge in [0.1, 0.15) is 0 Å². The Morgan fingerprint density at radius 2 is 0.871 bits per heavy atom. The summed E-state index contributed by atoms with van der Waals surface area (Å²) in [4.78, 5) is 0. The summed E-state index contributed by atoms with van der Waals surface area (Å²) in [5.41, 5.74) is 1.50. The molecule has 0 amide bonds. The quantitative estimate of drug-likeness (QED) is 0.108.